The first-order chi connectivity index (χ1) is 36.5. The summed E-state index contributed by atoms with van der Waals surface area (Å²) in [6.45, 7) is 4.86. The average Bonchev–Trinajstić information content (AvgIpc) is 3.40. The summed E-state index contributed by atoms with van der Waals surface area (Å²) in [5.41, 5.74) is 0. The molecule has 74 heavy (non-hydrogen) atoms. The molecule has 0 aliphatic rings. The van der Waals surface area contributed by atoms with Gasteiger partial charge in [0.25, 0.3) is 0 Å². The molecule has 0 rings (SSSR count). The third kappa shape index (κ3) is 58.8. The number of carbonyl (C=O) groups excluding carboxylic acids is 2. The lowest BCUT2D eigenvalue weighted by Crippen LogP contribution is -2.45. The molecular formula is C68H125NO5. The topological polar surface area (TPSA) is 95.9 Å². The summed E-state index contributed by atoms with van der Waals surface area (Å²) in [6.07, 6.45) is 82.8. The minimum absolute atomic E-state index is 0.00339. The quantitative estimate of drug-likeness (QED) is 0.0320. The third-order valence-corrected chi connectivity index (χ3v) is 14.8. The van der Waals surface area contributed by atoms with E-state index in [9.17, 15) is 19.8 Å². The van der Waals surface area contributed by atoms with Crippen molar-refractivity contribution in [2.24, 2.45) is 0 Å². The predicted octanol–water partition coefficient (Wildman–Crippen LogP) is 20.7. The molecule has 0 heterocycles. The Bertz CT molecular complexity index is 1290. The monoisotopic (exact) mass is 1040 g/mol. The van der Waals surface area contributed by atoms with Crippen molar-refractivity contribution in [3.8, 4) is 0 Å². The molecule has 0 saturated heterocycles. The Hall–Kier alpha value is -2.44. The van der Waals surface area contributed by atoms with Crippen LogP contribution in [0.3, 0.4) is 0 Å². The molecule has 3 N–H and O–H groups in total. The molecule has 0 aromatic heterocycles. The van der Waals surface area contributed by atoms with Gasteiger partial charge in [-0.2, -0.15) is 0 Å². The Morgan fingerprint density at radius 1 is 0.378 bits per heavy atom. The zero-order valence-corrected chi connectivity index (χ0v) is 49.3. The Labute approximate surface area is 460 Å². The van der Waals surface area contributed by atoms with E-state index in [-0.39, 0.29) is 18.5 Å². The van der Waals surface area contributed by atoms with Crippen molar-refractivity contribution in [3.05, 3.63) is 60.8 Å². The molecule has 2 unspecified atom stereocenters. The lowest BCUT2D eigenvalue weighted by molar-refractivity contribution is -0.143. The first-order valence-electron chi connectivity index (χ1n) is 32.6. The van der Waals surface area contributed by atoms with Crippen LogP contribution in [-0.2, 0) is 14.3 Å². The summed E-state index contributed by atoms with van der Waals surface area (Å²) in [4.78, 5) is 24.5. The van der Waals surface area contributed by atoms with Crippen LogP contribution in [-0.4, -0.2) is 47.4 Å². The lowest BCUT2D eigenvalue weighted by Gasteiger charge is -2.20. The second kappa shape index (κ2) is 63.1. The summed E-state index contributed by atoms with van der Waals surface area (Å²) in [5, 5.41) is 23.0. The number of allylic oxidation sites excluding steroid dienone is 9. The van der Waals surface area contributed by atoms with Crippen LogP contribution in [0.1, 0.15) is 335 Å². The second-order valence-electron chi connectivity index (χ2n) is 22.1. The molecule has 0 spiro atoms. The highest BCUT2D eigenvalue weighted by Crippen LogP contribution is 2.17. The molecule has 2 atom stereocenters. The van der Waals surface area contributed by atoms with Gasteiger partial charge in [-0.3, -0.25) is 9.59 Å². The van der Waals surface area contributed by atoms with Crippen LogP contribution in [0.25, 0.3) is 0 Å². The Morgan fingerprint density at radius 3 is 1.05 bits per heavy atom. The van der Waals surface area contributed by atoms with Crippen LogP contribution >= 0.6 is 0 Å². The van der Waals surface area contributed by atoms with E-state index < -0.39 is 12.1 Å². The van der Waals surface area contributed by atoms with Gasteiger partial charge in [0.15, 0.2) is 0 Å². The number of carbonyl (C=O) groups is 2. The number of hydrogen-bond donors (Lipinski definition) is 3. The highest BCUT2D eigenvalue weighted by molar-refractivity contribution is 5.76. The van der Waals surface area contributed by atoms with E-state index >= 15 is 0 Å². The van der Waals surface area contributed by atoms with Gasteiger partial charge < -0.3 is 20.3 Å². The molecule has 0 saturated carbocycles. The molecule has 432 valence electrons. The smallest absolute Gasteiger partial charge is 0.305 e. The highest BCUT2D eigenvalue weighted by atomic mass is 16.5. The van der Waals surface area contributed by atoms with Crippen LogP contribution in [0, 0.1) is 0 Å². The second-order valence-corrected chi connectivity index (χ2v) is 22.1. The Morgan fingerprint density at radius 2 is 0.676 bits per heavy atom. The Balaban J connectivity index is 3.41. The maximum Gasteiger partial charge on any atom is 0.305 e. The fourth-order valence-corrected chi connectivity index (χ4v) is 9.75. The fourth-order valence-electron chi connectivity index (χ4n) is 9.75. The highest BCUT2D eigenvalue weighted by Gasteiger charge is 2.18. The van der Waals surface area contributed by atoms with Crippen LogP contribution in [0.5, 0.6) is 0 Å². The fraction of sp³-hybridized carbons (Fsp3) is 0.824. The van der Waals surface area contributed by atoms with Gasteiger partial charge >= 0.3 is 5.97 Å². The van der Waals surface area contributed by atoms with Crippen LogP contribution in [0.15, 0.2) is 60.8 Å². The summed E-state index contributed by atoms with van der Waals surface area (Å²) in [5.74, 6) is -0.0670. The molecule has 1 amide bonds. The molecule has 0 aliphatic carbocycles. The maximum atomic E-state index is 12.4. The van der Waals surface area contributed by atoms with Crippen molar-refractivity contribution >= 4 is 11.9 Å². The summed E-state index contributed by atoms with van der Waals surface area (Å²) < 4.78 is 5.49. The number of amides is 1. The van der Waals surface area contributed by atoms with Gasteiger partial charge in [0.1, 0.15) is 0 Å². The van der Waals surface area contributed by atoms with Crippen molar-refractivity contribution < 1.29 is 24.5 Å². The van der Waals surface area contributed by atoms with E-state index in [0.717, 1.165) is 57.8 Å². The third-order valence-electron chi connectivity index (χ3n) is 14.8. The van der Waals surface area contributed by atoms with Gasteiger partial charge in [0, 0.05) is 12.8 Å². The number of esters is 1. The van der Waals surface area contributed by atoms with E-state index in [1.54, 1.807) is 6.08 Å². The number of ether oxygens (including phenoxy) is 1. The van der Waals surface area contributed by atoms with Gasteiger partial charge in [-0.25, -0.2) is 0 Å². The van der Waals surface area contributed by atoms with E-state index in [0.29, 0.717) is 19.4 Å². The number of rotatable bonds is 60. The van der Waals surface area contributed by atoms with E-state index in [1.807, 2.05) is 6.08 Å². The minimum Gasteiger partial charge on any atom is -0.466 e. The molecule has 6 nitrogen and oxygen atoms in total. The van der Waals surface area contributed by atoms with E-state index in [2.05, 4.69) is 67.8 Å². The van der Waals surface area contributed by atoms with E-state index in [4.69, 9.17) is 4.74 Å². The molecule has 0 fully saturated rings. The van der Waals surface area contributed by atoms with E-state index in [1.165, 1.54) is 250 Å². The zero-order chi connectivity index (χ0) is 53.6. The predicted molar refractivity (Wildman–Crippen MR) is 324 cm³/mol. The number of unbranched alkanes of at least 4 members (excludes halogenated alkanes) is 41. The lowest BCUT2D eigenvalue weighted by atomic mass is 10.0. The standard InChI is InChI=1S/C68H125NO5/c1-3-5-7-9-11-13-15-16-17-31-35-38-42-46-50-54-58-62-68(73)74-63-59-55-51-47-43-39-36-33-30-28-26-24-22-20-18-19-21-23-25-27-29-32-34-37-41-45-49-53-57-61-67(72)69-65(64-70)66(71)60-56-52-48-44-40-14-12-10-8-6-4-2/h11,13,16-18,20,24,26,56,60,65-66,70-71H,3-10,12,14-15,19,21-23,25,27-55,57-59,61-64H2,1-2H3,(H,69,72)/b13-11-,17-16-,20-18-,26-24-,60-56+. The van der Waals surface area contributed by atoms with Crippen LogP contribution in [0.4, 0.5) is 0 Å². The number of aliphatic hydroxyl groups is 2. The molecule has 0 bridgehead atoms. The molecule has 6 heteroatoms. The summed E-state index contributed by atoms with van der Waals surface area (Å²) >= 11 is 0. The van der Waals surface area contributed by atoms with Crippen molar-refractivity contribution in [1.82, 2.24) is 5.32 Å². The largest absolute Gasteiger partial charge is 0.466 e. The minimum atomic E-state index is -0.844. The number of aliphatic hydroxyl groups excluding tert-OH is 2. The van der Waals surface area contributed by atoms with Gasteiger partial charge in [0.05, 0.1) is 25.4 Å². The van der Waals surface area contributed by atoms with Crippen molar-refractivity contribution in [2.45, 2.75) is 347 Å². The maximum absolute atomic E-state index is 12.4. The molecule has 0 radical (unpaired) electrons. The molecule has 0 aliphatic heterocycles. The van der Waals surface area contributed by atoms with Crippen LogP contribution < -0.4 is 5.32 Å². The van der Waals surface area contributed by atoms with Crippen molar-refractivity contribution in [1.29, 1.82) is 0 Å². The number of hydrogen-bond acceptors (Lipinski definition) is 5. The summed E-state index contributed by atoms with van der Waals surface area (Å²) in [7, 11) is 0. The zero-order valence-electron chi connectivity index (χ0n) is 49.3. The molecule has 0 aromatic carbocycles. The van der Waals surface area contributed by atoms with Crippen molar-refractivity contribution in [3.63, 3.8) is 0 Å². The SMILES string of the molecule is CCCCC/C=C\C/C=C\CCCCCCCCCC(=O)OCCCCCCCCCCC/C=C\C/C=C\CCCCCCCCCCCCCCCC(=O)NC(CO)C(O)/C=C/CCCCCCCCCCC. The van der Waals surface area contributed by atoms with Gasteiger partial charge in [-0.1, -0.05) is 286 Å². The van der Waals surface area contributed by atoms with Gasteiger partial charge in [-0.15, -0.1) is 0 Å². The van der Waals surface area contributed by atoms with Gasteiger partial charge in [-0.05, 0) is 96.3 Å². The number of nitrogens with one attached hydrogen (secondary N) is 1. The van der Waals surface area contributed by atoms with Crippen molar-refractivity contribution in [2.75, 3.05) is 13.2 Å². The Kier molecular flexibility index (Phi) is 61.0. The first-order valence-corrected chi connectivity index (χ1v) is 32.6. The van der Waals surface area contributed by atoms with Crippen LogP contribution in [0.2, 0.25) is 0 Å². The normalized spacial score (nSPS) is 13.0. The van der Waals surface area contributed by atoms with Gasteiger partial charge in [0.2, 0.25) is 5.91 Å². The summed E-state index contributed by atoms with van der Waals surface area (Å²) in [6, 6.07) is -0.628. The molecular weight excluding hydrogens is 911 g/mol. The first kappa shape index (κ1) is 71.6. The average molecular weight is 1040 g/mol. The molecule has 0 aromatic rings.